The molecule has 1 fully saturated rings. The second-order valence-electron chi connectivity index (χ2n) is 10.8. The molecule has 204 valence electrons. The van der Waals surface area contributed by atoms with Gasteiger partial charge in [0.1, 0.15) is 5.60 Å². The molecule has 2 atom stereocenters. The van der Waals surface area contributed by atoms with Gasteiger partial charge in [0.25, 0.3) is 12.3 Å². The van der Waals surface area contributed by atoms with Crippen LogP contribution in [-0.2, 0) is 20.8 Å². The Bertz CT molecular complexity index is 1130. The molecule has 0 spiro atoms. The third kappa shape index (κ3) is 6.95. The molecule has 0 aliphatic carbocycles. The van der Waals surface area contributed by atoms with Gasteiger partial charge in [-0.3, -0.25) is 9.59 Å². The Morgan fingerprint density at radius 2 is 1.84 bits per heavy atom. The molecule has 0 radical (unpaired) electrons. The van der Waals surface area contributed by atoms with Crippen LogP contribution in [0.15, 0.2) is 24.3 Å². The van der Waals surface area contributed by atoms with E-state index in [0.717, 1.165) is 0 Å². The summed E-state index contributed by atoms with van der Waals surface area (Å²) in [6.45, 7) is 8.88. The first-order valence-corrected chi connectivity index (χ1v) is 12.4. The smallest absolute Gasteiger partial charge is 0.410 e. The van der Waals surface area contributed by atoms with Crippen molar-refractivity contribution in [2.75, 3.05) is 26.7 Å². The minimum atomic E-state index is -2.69. The van der Waals surface area contributed by atoms with Crippen molar-refractivity contribution in [2.24, 2.45) is 11.8 Å². The number of rotatable bonds is 7. The quantitative estimate of drug-likeness (QED) is 0.506. The number of fused-ring (bicyclic) bond motifs is 1. The van der Waals surface area contributed by atoms with E-state index in [1.807, 2.05) is 13.8 Å². The van der Waals surface area contributed by atoms with Crippen molar-refractivity contribution in [1.82, 2.24) is 19.4 Å². The molecular formula is C26H36F2N4O5. The van der Waals surface area contributed by atoms with Gasteiger partial charge in [0, 0.05) is 19.6 Å². The van der Waals surface area contributed by atoms with Crippen LogP contribution in [0.5, 0.6) is 0 Å². The van der Waals surface area contributed by atoms with Gasteiger partial charge < -0.3 is 23.8 Å². The summed E-state index contributed by atoms with van der Waals surface area (Å²) < 4.78 is 38.7. The Hall–Kier alpha value is -3.24. The lowest BCUT2D eigenvalue weighted by atomic mass is 9.92. The van der Waals surface area contributed by atoms with Crippen LogP contribution in [0.1, 0.15) is 51.7 Å². The number of hydrogen-bond acceptors (Lipinski definition) is 6. The number of likely N-dealkylation sites (tertiary alicyclic amines) is 1. The van der Waals surface area contributed by atoms with Crippen LogP contribution in [-0.4, -0.2) is 82.1 Å². The zero-order valence-electron chi connectivity index (χ0n) is 22.2. The summed E-state index contributed by atoms with van der Waals surface area (Å²) in [5.74, 6) is -1.81. The number of esters is 1. The van der Waals surface area contributed by atoms with Gasteiger partial charge in [-0.1, -0.05) is 26.0 Å². The molecule has 0 unspecified atom stereocenters. The van der Waals surface area contributed by atoms with E-state index in [2.05, 4.69) is 4.98 Å². The maximum absolute atomic E-state index is 13.9. The summed E-state index contributed by atoms with van der Waals surface area (Å²) in [5.41, 5.74) is 0.114. The lowest BCUT2D eigenvalue weighted by molar-refractivity contribution is -0.148. The summed E-state index contributed by atoms with van der Waals surface area (Å²) >= 11 is 0. The highest BCUT2D eigenvalue weighted by atomic mass is 19.3. The highest BCUT2D eigenvalue weighted by molar-refractivity contribution is 5.95. The van der Waals surface area contributed by atoms with Crippen molar-refractivity contribution in [3.63, 3.8) is 0 Å². The molecule has 9 nitrogen and oxygen atoms in total. The third-order valence-electron chi connectivity index (χ3n) is 6.04. The van der Waals surface area contributed by atoms with Crippen LogP contribution in [0.2, 0.25) is 0 Å². The van der Waals surface area contributed by atoms with Gasteiger partial charge in [-0.05, 0) is 45.2 Å². The second-order valence-corrected chi connectivity index (χ2v) is 10.8. The van der Waals surface area contributed by atoms with Crippen molar-refractivity contribution >= 4 is 29.0 Å². The highest BCUT2D eigenvalue weighted by Crippen LogP contribution is 2.27. The maximum Gasteiger partial charge on any atom is 0.410 e. The monoisotopic (exact) mass is 522 g/mol. The SMILES string of the molecule is COC(=O)[C@@H]1C[C@H](N(CC(C)C)C(=O)c2nc3ccccc3n2CC(F)F)CN(C(=O)OC(C)(C)C)C1. The average Bonchev–Trinajstić information content (AvgIpc) is 3.17. The summed E-state index contributed by atoms with van der Waals surface area (Å²) in [5, 5.41) is 0. The molecule has 1 aromatic carbocycles. The largest absolute Gasteiger partial charge is 0.469 e. The zero-order valence-corrected chi connectivity index (χ0v) is 22.2. The van der Waals surface area contributed by atoms with E-state index in [1.165, 1.54) is 16.6 Å². The van der Waals surface area contributed by atoms with Crippen molar-refractivity contribution in [2.45, 2.75) is 65.7 Å². The van der Waals surface area contributed by atoms with Crippen LogP contribution in [0.25, 0.3) is 11.0 Å². The summed E-state index contributed by atoms with van der Waals surface area (Å²) in [7, 11) is 1.27. The first-order valence-electron chi connectivity index (χ1n) is 12.4. The van der Waals surface area contributed by atoms with E-state index in [9.17, 15) is 23.2 Å². The average molecular weight is 523 g/mol. The van der Waals surface area contributed by atoms with E-state index in [1.54, 1.807) is 49.9 Å². The molecule has 2 amide bonds. The number of halogens is 2. The van der Waals surface area contributed by atoms with E-state index >= 15 is 0 Å². The number of piperidine rings is 1. The van der Waals surface area contributed by atoms with Gasteiger partial charge in [-0.25, -0.2) is 18.6 Å². The van der Waals surface area contributed by atoms with E-state index in [-0.39, 0.29) is 37.8 Å². The Morgan fingerprint density at radius 1 is 1.16 bits per heavy atom. The molecule has 0 N–H and O–H groups in total. The molecule has 1 aromatic heterocycles. The van der Waals surface area contributed by atoms with Gasteiger partial charge in [-0.2, -0.15) is 0 Å². The van der Waals surface area contributed by atoms with E-state index in [4.69, 9.17) is 9.47 Å². The molecule has 0 bridgehead atoms. The normalized spacial score (nSPS) is 18.4. The van der Waals surface area contributed by atoms with Crippen LogP contribution in [0, 0.1) is 11.8 Å². The molecule has 2 aromatic rings. The topological polar surface area (TPSA) is 94.0 Å². The fourth-order valence-corrected chi connectivity index (χ4v) is 4.59. The number of hydrogen-bond donors (Lipinski definition) is 0. The number of alkyl halides is 2. The Morgan fingerprint density at radius 3 is 2.43 bits per heavy atom. The third-order valence-corrected chi connectivity index (χ3v) is 6.04. The number of imidazole rings is 1. The van der Waals surface area contributed by atoms with Crippen molar-refractivity contribution < 1.29 is 32.6 Å². The number of benzene rings is 1. The van der Waals surface area contributed by atoms with Crippen LogP contribution in [0.4, 0.5) is 13.6 Å². The Labute approximate surface area is 215 Å². The fourth-order valence-electron chi connectivity index (χ4n) is 4.59. The molecule has 1 saturated heterocycles. The van der Waals surface area contributed by atoms with Gasteiger partial charge in [0.2, 0.25) is 0 Å². The van der Waals surface area contributed by atoms with Crippen molar-refractivity contribution in [3.05, 3.63) is 30.1 Å². The van der Waals surface area contributed by atoms with Gasteiger partial charge in [0.15, 0.2) is 5.82 Å². The predicted octanol–water partition coefficient (Wildman–Crippen LogP) is 4.20. The number of methoxy groups -OCH3 is 1. The highest BCUT2D eigenvalue weighted by Gasteiger charge is 2.41. The molecule has 1 aliphatic rings. The lowest BCUT2D eigenvalue weighted by Crippen LogP contribution is -2.57. The standard InChI is InChI=1S/C26H36F2N4O5/c1-16(2)12-31(23(33)22-29-19-9-7-8-10-20(19)32(22)15-21(27)28)18-11-17(24(34)36-6)13-30(14-18)25(35)37-26(3,4)5/h7-10,16-18,21H,11-15H2,1-6H3/t17-,18+/m1/s1. The van der Waals surface area contributed by atoms with Gasteiger partial charge in [0.05, 0.1) is 36.6 Å². The number of amides is 2. The zero-order chi connectivity index (χ0) is 27.5. The minimum Gasteiger partial charge on any atom is -0.469 e. The molecule has 1 aliphatic heterocycles. The molecule has 2 heterocycles. The molecule has 11 heteroatoms. The molecule has 37 heavy (non-hydrogen) atoms. The van der Waals surface area contributed by atoms with E-state index < -0.39 is 48.5 Å². The minimum absolute atomic E-state index is 0.0188. The summed E-state index contributed by atoms with van der Waals surface area (Å²) in [6, 6.07) is 6.15. The maximum atomic E-state index is 13.9. The predicted molar refractivity (Wildman–Crippen MR) is 133 cm³/mol. The molecule has 0 saturated carbocycles. The Kier molecular flexibility index (Phi) is 8.76. The van der Waals surface area contributed by atoms with Crippen molar-refractivity contribution in [3.8, 4) is 0 Å². The molecular weight excluding hydrogens is 486 g/mol. The number of carbonyl (C=O) groups is 3. The number of para-hydroxylation sites is 2. The number of ether oxygens (including phenoxy) is 2. The van der Waals surface area contributed by atoms with Crippen LogP contribution >= 0.6 is 0 Å². The lowest BCUT2D eigenvalue weighted by Gasteiger charge is -2.42. The summed E-state index contributed by atoms with van der Waals surface area (Å²) in [6.07, 6.45) is -3.05. The van der Waals surface area contributed by atoms with Gasteiger partial charge in [-0.15, -0.1) is 0 Å². The number of carbonyl (C=O) groups excluding carboxylic acids is 3. The summed E-state index contributed by atoms with van der Waals surface area (Å²) in [4.78, 5) is 46.8. The van der Waals surface area contributed by atoms with Crippen LogP contribution in [0.3, 0.4) is 0 Å². The number of aromatic nitrogens is 2. The fraction of sp³-hybridized carbons (Fsp3) is 0.615. The van der Waals surface area contributed by atoms with Crippen molar-refractivity contribution in [1.29, 1.82) is 0 Å². The first kappa shape index (κ1) is 28.3. The second kappa shape index (κ2) is 11.4. The first-order chi connectivity index (χ1) is 17.3. The van der Waals surface area contributed by atoms with Gasteiger partial charge >= 0.3 is 12.1 Å². The van der Waals surface area contributed by atoms with E-state index in [0.29, 0.717) is 11.0 Å². The van der Waals surface area contributed by atoms with Crippen LogP contribution < -0.4 is 0 Å². The number of nitrogens with zero attached hydrogens (tertiary/aromatic N) is 4. The Balaban J connectivity index is 2.02. The molecule has 3 rings (SSSR count).